The topological polar surface area (TPSA) is 52.0 Å². The van der Waals surface area contributed by atoms with Gasteiger partial charge in [0, 0.05) is 17.8 Å². The van der Waals surface area contributed by atoms with Crippen molar-refractivity contribution in [3.05, 3.63) is 58.7 Å². The molecule has 0 bridgehead atoms. The Hall–Kier alpha value is -1.96. The number of anilines is 2. The molecule has 0 atom stereocenters. The highest BCUT2D eigenvalue weighted by molar-refractivity contribution is 5.56. The van der Waals surface area contributed by atoms with E-state index in [1.807, 2.05) is 0 Å². The largest absolute Gasteiger partial charge is 0.398 e. The van der Waals surface area contributed by atoms with Crippen LogP contribution in [0.3, 0.4) is 0 Å². The van der Waals surface area contributed by atoms with Crippen molar-refractivity contribution in [2.24, 2.45) is 0 Å². The maximum Gasteiger partial charge on any atom is 0.0352 e. The van der Waals surface area contributed by atoms with Gasteiger partial charge in [-0.25, -0.2) is 0 Å². The number of rotatable bonds is 4. The predicted octanol–water partition coefficient (Wildman–Crippen LogP) is 3.57. The van der Waals surface area contributed by atoms with Crippen LogP contribution in [-0.4, -0.2) is 0 Å². The van der Waals surface area contributed by atoms with E-state index in [0.29, 0.717) is 0 Å². The average molecular weight is 254 g/mol. The van der Waals surface area contributed by atoms with Gasteiger partial charge in [-0.15, -0.1) is 0 Å². The van der Waals surface area contributed by atoms with E-state index in [-0.39, 0.29) is 0 Å². The molecule has 2 nitrogen and oxygen atoms in total. The Balaban J connectivity index is 2.26. The summed E-state index contributed by atoms with van der Waals surface area (Å²) in [5, 5.41) is 0. The first kappa shape index (κ1) is 13.5. The fourth-order valence-corrected chi connectivity index (χ4v) is 2.26. The van der Waals surface area contributed by atoms with Crippen LogP contribution in [0.15, 0.2) is 36.4 Å². The summed E-state index contributed by atoms with van der Waals surface area (Å²) in [5.41, 5.74) is 18.8. The second-order valence-corrected chi connectivity index (χ2v) is 4.95. The van der Waals surface area contributed by atoms with Gasteiger partial charge in [0.2, 0.25) is 0 Å². The van der Waals surface area contributed by atoms with Crippen molar-refractivity contribution in [2.45, 2.75) is 33.1 Å². The summed E-state index contributed by atoms with van der Waals surface area (Å²) in [4.78, 5) is 0. The fraction of sp³-hybridized carbons (Fsp3) is 0.294. The molecule has 2 aromatic carbocycles. The Bertz CT molecular complexity index is 522. The van der Waals surface area contributed by atoms with E-state index < -0.39 is 0 Å². The van der Waals surface area contributed by atoms with E-state index in [0.717, 1.165) is 41.8 Å². The summed E-state index contributed by atoms with van der Waals surface area (Å²) in [6, 6.07) is 12.6. The number of hydrogen-bond acceptors (Lipinski definition) is 2. The molecule has 0 aliphatic rings. The van der Waals surface area contributed by atoms with Crippen LogP contribution < -0.4 is 11.5 Å². The molecule has 0 unspecified atom stereocenters. The summed E-state index contributed by atoms with van der Waals surface area (Å²) >= 11 is 0. The van der Waals surface area contributed by atoms with Gasteiger partial charge in [0.25, 0.3) is 0 Å². The number of aryl methyl sites for hydroxylation is 2. The van der Waals surface area contributed by atoms with Crippen LogP contribution in [0.1, 0.15) is 36.1 Å². The lowest BCUT2D eigenvalue weighted by molar-refractivity contribution is 1.11. The summed E-state index contributed by atoms with van der Waals surface area (Å²) in [6.07, 6.45) is 2.82. The van der Waals surface area contributed by atoms with Gasteiger partial charge in [0.1, 0.15) is 0 Å². The minimum Gasteiger partial charge on any atom is -0.398 e. The quantitative estimate of drug-likeness (QED) is 0.820. The molecule has 2 heteroatoms. The van der Waals surface area contributed by atoms with Crippen molar-refractivity contribution in [3.63, 3.8) is 0 Å². The maximum absolute atomic E-state index is 6.11. The number of benzene rings is 2. The molecule has 0 saturated heterocycles. The molecular weight excluding hydrogens is 232 g/mol. The first-order chi connectivity index (χ1) is 9.13. The Morgan fingerprint density at radius 3 is 1.47 bits per heavy atom. The molecule has 2 rings (SSSR count). The second kappa shape index (κ2) is 5.79. The van der Waals surface area contributed by atoms with Gasteiger partial charge in [0.05, 0.1) is 0 Å². The highest BCUT2D eigenvalue weighted by atomic mass is 14.6. The van der Waals surface area contributed by atoms with Crippen molar-refractivity contribution in [3.8, 4) is 0 Å². The zero-order valence-electron chi connectivity index (χ0n) is 11.7. The normalized spacial score (nSPS) is 10.6. The lowest BCUT2D eigenvalue weighted by Crippen LogP contribution is -2.01. The maximum atomic E-state index is 6.11. The number of nitrogens with two attached hydrogens (primary N) is 2. The minimum absolute atomic E-state index is 0.797. The van der Waals surface area contributed by atoms with Gasteiger partial charge in [-0.1, -0.05) is 38.1 Å². The SMILES string of the molecule is CCc1ccc(Cc2ccc(CC)cc2N)c(N)c1. The van der Waals surface area contributed by atoms with Crippen LogP contribution in [0.5, 0.6) is 0 Å². The Morgan fingerprint density at radius 1 is 0.737 bits per heavy atom. The minimum atomic E-state index is 0.797. The Labute approximate surface area is 115 Å². The number of hydrogen-bond donors (Lipinski definition) is 2. The molecule has 0 fully saturated rings. The van der Waals surface area contributed by atoms with Crippen molar-refractivity contribution in [2.75, 3.05) is 11.5 Å². The standard InChI is InChI=1S/C17H22N2/c1-3-12-5-7-14(16(18)9-12)11-15-8-6-13(4-2)10-17(15)19/h5-10H,3-4,11,18-19H2,1-2H3. The molecule has 0 amide bonds. The third kappa shape index (κ3) is 3.08. The highest BCUT2D eigenvalue weighted by Crippen LogP contribution is 2.23. The first-order valence-electron chi connectivity index (χ1n) is 6.88. The first-order valence-corrected chi connectivity index (χ1v) is 6.88. The summed E-state index contributed by atoms with van der Waals surface area (Å²) in [6.45, 7) is 4.27. The molecule has 0 aromatic heterocycles. The lowest BCUT2D eigenvalue weighted by atomic mass is 9.98. The highest BCUT2D eigenvalue weighted by Gasteiger charge is 2.05. The third-order valence-corrected chi connectivity index (χ3v) is 3.62. The van der Waals surface area contributed by atoms with E-state index >= 15 is 0 Å². The van der Waals surface area contributed by atoms with Crippen molar-refractivity contribution < 1.29 is 0 Å². The average Bonchev–Trinajstić information content (AvgIpc) is 2.42. The van der Waals surface area contributed by atoms with E-state index in [4.69, 9.17) is 11.5 Å². The Kier molecular flexibility index (Phi) is 4.10. The second-order valence-electron chi connectivity index (χ2n) is 4.95. The molecule has 2 aromatic rings. The van der Waals surface area contributed by atoms with E-state index in [2.05, 4.69) is 50.2 Å². The summed E-state index contributed by atoms with van der Waals surface area (Å²) in [5.74, 6) is 0. The molecule has 0 spiro atoms. The molecule has 0 aliphatic carbocycles. The van der Waals surface area contributed by atoms with Gasteiger partial charge in [0.15, 0.2) is 0 Å². The zero-order chi connectivity index (χ0) is 13.8. The molecule has 0 heterocycles. The number of nitrogen functional groups attached to an aromatic ring is 2. The summed E-state index contributed by atoms with van der Waals surface area (Å²) < 4.78 is 0. The molecule has 4 N–H and O–H groups in total. The van der Waals surface area contributed by atoms with Crippen molar-refractivity contribution in [1.29, 1.82) is 0 Å². The Morgan fingerprint density at radius 2 is 1.16 bits per heavy atom. The van der Waals surface area contributed by atoms with Gasteiger partial charge < -0.3 is 11.5 Å². The third-order valence-electron chi connectivity index (χ3n) is 3.62. The van der Waals surface area contributed by atoms with Crippen LogP contribution in [0.2, 0.25) is 0 Å². The summed E-state index contributed by atoms with van der Waals surface area (Å²) in [7, 11) is 0. The van der Waals surface area contributed by atoms with Crippen molar-refractivity contribution >= 4 is 11.4 Å². The van der Waals surface area contributed by atoms with Crippen LogP contribution in [-0.2, 0) is 19.3 Å². The van der Waals surface area contributed by atoms with Gasteiger partial charge in [-0.05, 0) is 47.2 Å². The molecule has 19 heavy (non-hydrogen) atoms. The van der Waals surface area contributed by atoms with E-state index in [9.17, 15) is 0 Å². The van der Waals surface area contributed by atoms with Crippen LogP contribution in [0.25, 0.3) is 0 Å². The van der Waals surface area contributed by atoms with Gasteiger partial charge >= 0.3 is 0 Å². The van der Waals surface area contributed by atoms with Gasteiger partial charge in [-0.2, -0.15) is 0 Å². The van der Waals surface area contributed by atoms with Crippen LogP contribution in [0.4, 0.5) is 11.4 Å². The molecule has 0 radical (unpaired) electrons. The van der Waals surface area contributed by atoms with Gasteiger partial charge in [-0.3, -0.25) is 0 Å². The molecule has 0 saturated carbocycles. The van der Waals surface area contributed by atoms with Crippen LogP contribution in [0, 0.1) is 0 Å². The van der Waals surface area contributed by atoms with E-state index in [1.54, 1.807) is 0 Å². The molecule has 0 aliphatic heterocycles. The smallest absolute Gasteiger partial charge is 0.0352 e. The van der Waals surface area contributed by atoms with Crippen molar-refractivity contribution in [1.82, 2.24) is 0 Å². The molecular formula is C17H22N2. The predicted molar refractivity (Wildman–Crippen MR) is 83.3 cm³/mol. The van der Waals surface area contributed by atoms with Crippen LogP contribution >= 0.6 is 0 Å². The fourth-order valence-electron chi connectivity index (χ4n) is 2.26. The zero-order valence-corrected chi connectivity index (χ0v) is 11.7. The van der Waals surface area contributed by atoms with E-state index in [1.165, 1.54) is 11.1 Å². The lowest BCUT2D eigenvalue weighted by Gasteiger charge is -2.11. The monoisotopic (exact) mass is 254 g/mol. The molecule has 100 valence electrons.